The molecule has 0 aliphatic carbocycles. The maximum Gasteiger partial charge on any atom is 0.0119 e. The molecule has 1 rings (SSSR count). The zero-order valence-corrected chi connectivity index (χ0v) is 14.0. The first-order chi connectivity index (χ1) is 9.02. The molecule has 1 aliphatic heterocycles. The summed E-state index contributed by atoms with van der Waals surface area (Å²) in [5.41, 5.74) is 0.446. The maximum absolute atomic E-state index is 3.65. The van der Waals surface area contributed by atoms with Crippen LogP contribution in [0.2, 0.25) is 0 Å². The molecule has 1 aliphatic rings. The molecular weight excluding hydrogens is 232 g/mol. The molecule has 2 heteroatoms. The van der Waals surface area contributed by atoms with Crippen molar-refractivity contribution in [2.75, 3.05) is 26.2 Å². The van der Waals surface area contributed by atoms with Gasteiger partial charge in [0.1, 0.15) is 0 Å². The fourth-order valence-electron chi connectivity index (χ4n) is 3.69. The van der Waals surface area contributed by atoms with Crippen molar-refractivity contribution in [3.8, 4) is 0 Å². The van der Waals surface area contributed by atoms with E-state index in [0.717, 1.165) is 18.5 Å². The van der Waals surface area contributed by atoms with Crippen LogP contribution >= 0.6 is 0 Å². The maximum atomic E-state index is 3.65. The van der Waals surface area contributed by atoms with Crippen molar-refractivity contribution < 1.29 is 0 Å². The van der Waals surface area contributed by atoms with Gasteiger partial charge < -0.3 is 5.32 Å². The SMILES string of the molecule is CCCNCC(C)(CCC)CN1CCCC1C(C)C. The first kappa shape index (κ1) is 17.0. The molecule has 0 saturated carbocycles. The fraction of sp³-hybridized carbons (Fsp3) is 1.00. The number of hydrogen-bond acceptors (Lipinski definition) is 2. The van der Waals surface area contributed by atoms with Crippen LogP contribution in [0.15, 0.2) is 0 Å². The van der Waals surface area contributed by atoms with Gasteiger partial charge in [-0.25, -0.2) is 0 Å². The summed E-state index contributed by atoms with van der Waals surface area (Å²) in [6.07, 6.45) is 6.67. The minimum Gasteiger partial charge on any atom is -0.316 e. The van der Waals surface area contributed by atoms with Gasteiger partial charge in [-0.3, -0.25) is 4.90 Å². The van der Waals surface area contributed by atoms with Crippen molar-refractivity contribution in [2.24, 2.45) is 11.3 Å². The topological polar surface area (TPSA) is 15.3 Å². The zero-order valence-electron chi connectivity index (χ0n) is 14.0. The summed E-state index contributed by atoms with van der Waals surface area (Å²) >= 11 is 0. The van der Waals surface area contributed by atoms with Crippen LogP contribution < -0.4 is 5.32 Å². The Morgan fingerprint density at radius 1 is 1.26 bits per heavy atom. The van der Waals surface area contributed by atoms with Crippen molar-refractivity contribution >= 4 is 0 Å². The van der Waals surface area contributed by atoms with E-state index in [9.17, 15) is 0 Å². The quantitative estimate of drug-likeness (QED) is 0.638. The van der Waals surface area contributed by atoms with Crippen LogP contribution in [0.5, 0.6) is 0 Å². The van der Waals surface area contributed by atoms with Crippen LogP contribution in [0.25, 0.3) is 0 Å². The Bertz CT molecular complexity index is 239. The lowest BCUT2D eigenvalue weighted by molar-refractivity contribution is 0.119. The van der Waals surface area contributed by atoms with Gasteiger partial charge in [0.15, 0.2) is 0 Å². The third-order valence-corrected chi connectivity index (χ3v) is 4.60. The van der Waals surface area contributed by atoms with Crippen molar-refractivity contribution in [2.45, 2.75) is 72.8 Å². The van der Waals surface area contributed by atoms with Gasteiger partial charge in [0.25, 0.3) is 0 Å². The second-order valence-corrected chi connectivity index (χ2v) is 7.16. The van der Waals surface area contributed by atoms with Crippen LogP contribution in [0.4, 0.5) is 0 Å². The molecule has 0 bridgehead atoms. The van der Waals surface area contributed by atoms with E-state index in [1.165, 1.54) is 51.7 Å². The second kappa shape index (κ2) is 8.26. The van der Waals surface area contributed by atoms with Crippen molar-refractivity contribution in [3.63, 3.8) is 0 Å². The van der Waals surface area contributed by atoms with E-state index in [1.54, 1.807) is 0 Å². The number of nitrogens with zero attached hydrogens (tertiary/aromatic N) is 1. The summed E-state index contributed by atoms with van der Waals surface area (Å²) in [5.74, 6) is 0.803. The van der Waals surface area contributed by atoms with Crippen LogP contribution in [-0.4, -0.2) is 37.1 Å². The Balaban J connectivity index is 2.55. The van der Waals surface area contributed by atoms with Gasteiger partial charge in [-0.05, 0) is 50.1 Å². The minimum absolute atomic E-state index is 0.446. The smallest absolute Gasteiger partial charge is 0.0119 e. The number of hydrogen-bond donors (Lipinski definition) is 1. The molecule has 0 aromatic rings. The van der Waals surface area contributed by atoms with Gasteiger partial charge >= 0.3 is 0 Å². The molecule has 2 unspecified atom stereocenters. The lowest BCUT2D eigenvalue weighted by atomic mass is 9.84. The predicted molar refractivity (Wildman–Crippen MR) is 85.6 cm³/mol. The van der Waals surface area contributed by atoms with Crippen LogP contribution in [0.1, 0.15) is 66.7 Å². The van der Waals surface area contributed by atoms with Crippen molar-refractivity contribution in [3.05, 3.63) is 0 Å². The Labute approximate surface area is 121 Å². The first-order valence-electron chi connectivity index (χ1n) is 8.47. The normalized spacial score (nSPS) is 24.0. The molecule has 1 saturated heterocycles. The number of rotatable bonds is 9. The van der Waals surface area contributed by atoms with E-state index in [4.69, 9.17) is 0 Å². The largest absolute Gasteiger partial charge is 0.316 e. The molecule has 1 fully saturated rings. The third kappa shape index (κ3) is 5.43. The third-order valence-electron chi connectivity index (χ3n) is 4.60. The first-order valence-corrected chi connectivity index (χ1v) is 8.47. The van der Waals surface area contributed by atoms with Gasteiger partial charge in [-0.15, -0.1) is 0 Å². The minimum atomic E-state index is 0.446. The monoisotopic (exact) mass is 268 g/mol. The molecule has 0 aromatic carbocycles. The summed E-state index contributed by atoms with van der Waals surface area (Å²) in [7, 11) is 0. The highest BCUT2D eigenvalue weighted by atomic mass is 15.2. The highest BCUT2D eigenvalue weighted by Crippen LogP contribution is 2.30. The summed E-state index contributed by atoms with van der Waals surface area (Å²) in [5, 5.41) is 3.65. The average Bonchev–Trinajstić information content (AvgIpc) is 2.77. The van der Waals surface area contributed by atoms with E-state index in [0.29, 0.717) is 5.41 Å². The van der Waals surface area contributed by atoms with Gasteiger partial charge in [0.05, 0.1) is 0 Å². The van der Waals surface area contributed by atoms with E-state index < -0.39 is 0 Å². The van der Waals surface area contributed by atoms with Gasteiger partial charge in [0.2, 0.25) is 0 Å². The second-order valence-electron chi connectivity index (χ2n) is 7.16. The molecule has 0 aromatic heterocycles. The highest BCUT2D eigenvalue weighted by molar-refractivity contribution is 4.88. The summed E-state index contributed by atoms with van der Waals surface area (Å²) < 4.78 is 0. The molecule has 2 atom stereocenters. The molecular formula is C17H36N2. The van der Waals surface area contributed by atoms with Crippen LogP contribution in [-0.2, 0) is 0 Å². The van der Waals surface area contributed by atoms with E-state index in [1.807, 2.05) is 0 Å². The zero-order chi connectivity index (χ0) is 14.3. The summed E-state index contributed by atoms with van der Waals surface area (Å²) in [6.45, 7) is 16.8. The summed E-state index contributed by atoms with van der Waals surface area (Å²) in [6, 6.07) is 0.822. The Morgan fingerprint density at radius 3 is 2.58 bits per heavy atom. The number of likely N-dealkylation sites (tertiary alicyclic amines) is 1. The molecule has 1 heterocycles. The lowest BCUT2D eigenvalue weighted by Gasteiger charge is -2.38. The molecule has 0 amide bonds. The fourth-order valence-corrected chi connectivity index (χ4v) is 3.69. The van der Waals surface area contributed by atoms with E-state index in [2.05, 4.69) is 44.8 Å². The molecule has 2 nitrogen and oxygen atoms in total. The summed E-state index contributed by atoms with van der Waals surface area (Å²) in [4.78, 5) is 2.77. The predicted octanol–water partition coefficient (Wildman–Crippen LogP) is 3.91. The molecule has 19 heavy (non-hydrogen) atoms. The number of nitrogens with one attached hydrogen (secondary N) is 1. The van der Waals surface area contributed by atoms with Gasteiger partial charge in [-0.1, -0.05) is 41.0 Å². The molecule has 0 spiro atoms. The van der Waals surface area contributed by atoms with Crippen molar-refractivity contribution in [1.29, 1.82) is 0 Å². The van der Waals surface area contributed by atoms with Crippen LogP contribution in [0, 0.1) is 11.3 Å². The lowest BCUT2D eigenvalue weighted by Crippen LogP contribution is -2.45. The molecule has 0 radical (unpaired) electrons. The molecule has 1 N–H and O–H groups in total. The Hall–Kier alpha value is -0.0800. The standard InChI is InChI=1S/C17H36N2/c1-6-10-17(5,13-18-11-7-2)14-19-12-8-9-16(19)15(3)4/h15-16,18H,6-14H2,1-5H3. The highest BCUT2D eigenvalue weighted by Gasteiger charge is 2.33. The van der Waals surface area contributed by atoms with Crippen LogP contribution in [0.3, 0.4) is 0 Å². The molecule has 114 valence electrons. The Morgan fingerprint density at radius 2 is 2.00 bits per heavy atom. The van der Waals surface area contributed by atoms with Gasteiger partial charge in [0, 0.05) is 19.1 Å². The van der Waals surface area contributed by atoms with E-state index in [-0.39, 0.29) is 0 Å². The average molecular weight is 268 g/mol. The van der Waals surface area contributed by atoms with E-state index >= 15 is 0 Å². The van der Waals surface area contributed by atoms with Gasteiger partial charge in [-0.2, -0.15) is 0 Å². The Kier molecular flexibility index (Phi) is 7.38. The van der Waals surface area contributed by atoms with Crippen molar-refractivity contribution in [1.82, 2.24) is 10.2 Å².